The smallest absolute Gasteiger partial charge is 0.138 e. The molecule has 1 aliphatic rings. The average Bonchev–Trinajstić information content (AvgIpc) is 2.97. The fourth-order valence-corrected chi connectivity index (χ4v) is 4.44. The lowest BCUT2D eigenvalue weighted by Gasteiger charge is -2.24. The lowest BCUT2D eigenvalue weighted by atomic mass is 9.81. The van der Waals surface area contributed by atoms with Crippen molar-refractivity contribution >= 4 is 22.8 Å². The van der Waals surface area contributed by atoms with Gasteiger partial charge >= 0.3 is 0 Å². The van der Waals surface area contributed by atoms with Crippen LogP contribution in [-0.4, -0.2) is 18.1 Å². The summed E-state index contributed by atoms with van der Waals surface area (Å²) in [6, 6.07) is 14.7. The van der Waals surface area contributed by atoms with E-state index in [1.54, 1.807) is 12.1 Å². The number of ketones is 2. The molecule has 0 spiro atoms. The minimum Gasteiger partial charge on any atom is -0.385 e. The molecule has 40 heavy (non-hydrogen) atoms. The van der Waals surface area contributed by atoms with Crippen LogP contribution in [0.25, 0.3) is 5.57 Å². The lowest BCUT2D eigenvalue weighted by molar-refractivity contribution is -0.129. The predicted octanol–water partition coefficient (Wildman–Crippen LogP) is 9.85. The minimum atomic E-state index is -0.371. The quantitative estimate of drug-likeness (QED) is 0.237. The number of Topliss-reactive ketones (excluding diaryl/α,β-unsaturated/α-hetero) is 2. The maximum Gasteiger partial charge on any atom is 0.138 e. The van der Waals surface area contributed by atoms with Gasteiger partial charge in [0.15, 0.2) is 0 Å². The molecule has 0 unspecified atom stereocenters. The van der Waals surface area contributed by atoms with Gasteiger partial charge in [0.05, 0.1) is 0 Å². The van der Waals surface area contributed by atoms with Gasteiger partial charge < -0.3 is 5.32 Å². The van der Waals surface area contributed by atoms with Crippen molar-refractivity contribution in [1.82, 2.24) is 0 Å². The minimum absolute atomic E-state index is 0.119. The van der Waals surface area contributed by atoms with Gasteiger partial charge in [-0.25, -0.2) is 4.39 Å². The summed E-state index contributed by atoms with van der Waals surface area (Å²) in [7, 11) is 0. The first kappa shape index (κ1) is 36.8. The second-order valence-corrected chi connectivity index (χ2v) is 10.9. The maximum atomic E-state index is 12.7. The van der Waals surface area contributed by atoms with Crippen LogP contribution in [0.5, 0.6) is 0 Å². The van der Waals surface area contributed by atoms with Gasteiger partial charge in [0.1, 0.15) is 17.4 Å². The molecular formula is C36H52FNO2. The average molecular weight is 550 g/mol. The number of hydrogen-bond donors (Lipinski definition) is 1. The van der Waals surface area contributed by atoms with Gasteiger partial charge in [-0.1, -0.05) is 84.7 Å². The Bertz CT molecular complexity index is 1020. The third-order valence-corrected chi connectivity index (χ3v) is 6.86. The highest BCUT2D eigenvalue weighted by molar-refractivity contribution is 5.88. The number of nitrogens with one attached hydrogen (secondary N) is 1. The van der Waals surface area contributed by atoms with Gasteiger partial charge in [-0.3, -0.25) is 9.59 Å². The third kappa shape index (κ3) is 14.8. The predicted molar refractivity (Wildman–Crippen MR) is 171 cm³/mol. The highest BCUT2D eigenvalue weighted by Gasteiger charge is 2.21. The van der Waals surface area contributed by atoms with Crippen LogP contribution in [0.4, 0.5) is 10.1 Å². The molecule has 1 N–H and O–H groups in total. The van der Waals surface area contributed by atoms with Crippen molar-refractivity contribution in [3.05, 3.63) is 72.1 Å². The molecule has 3 nitrogen and oxygen atoms in total. The van der Waals surface area contributed by atoms with Crippen molar-refractivity contribution < 1.29 is 14.0 Å². The molecule has 0 aliphatic heterocycles. The number of hydrogen-bond acceptors (Lipinski definition) is 3. The Kier molecular flexibility index (Phi) is 19.0. The van der Waals surface area contributed by atoms with Crippen molar-refractivity contribution in [1.29, 1.82) is 0 Å². The molecule has 0 radical (unpaired) electrons. The molecule has 0 bridgehead atoms. The second-order valence-electron chi connectivity index (χ2n) is 10.9. The van der Waals surface area contributed by atoms with E-state index in [9.17, 15) is 14.0 Å². The van der Waals surface area contributed by atoms with Gasteiger partial charge in [0, 0.05) is 36.9 Å². The normalized spacial score (nSPS) is 12.7. The van der Waals surface area contributed by atoms with E-state index >= 15 is 0 Å². The molecule has 2 aromatic rings. The molecule has 220 valence electrons. The molecule has 1 fully saturated rings. The van der Waals surface area contributed by atoms with E-state index in [4.69, 9.17) is 0 Å². The number of anilines is 1. The number of carbonyl (C=O) groups is 2. The number of aryl methyl sites for hydroxylation is 1. The molecular weight excluding hydrogens is 497 g/mol. The first-order chi connectivity index (χ1) is 19.1. The number of benzene rings is 2. The molecule has 0 atom stereocenters. The second kappa shape index (κ2) is 20.7. The van der Waals surface area contributed by atoms with Crippen molar-refractivity contribution in [2.45, 2.75) is 99.3 Å². The van der Waals surface area contributed by atoms with E-state index < -0.39 is 0 Å². The summed E-state index contributed by atoms with van der Waals surface area (Å²) in [6.45, 7) is 16.8. The summed E-state index contributed by atoms with van der Waals surface area (Å²) in [5.74, 6) is 0.716. The molecule has 2 aromatic carbocycles. The summed E-state index contributed by atoms with van der Waals surface area (Å²) < 4.78 is 12.7. The van der Waals surface area contributed by atoms with Crippen LogP contribution in [0.15, 0.2) is 55.1 Å². The van der Waals surface area contributed by atoms with Crippen LogP contribution < -0.4 is 5.32 Å². The molecule has 1 saturated carbocycles. The van der Waals surface area contributed by atoms with Gasteiger partial charge in [-0.05, 0) is 73.1 Å². The van der Waals surface area contributed by atoms with Crippen LogP contribution >= 0.6 is 0 Å². The van der Waals surface area contributed by atoms with Crippen LogP contribution in [0.3, 0.4) is 0 Å². The van der Waals surface area contributed by atoms with Gasteiger partial charge in [-0.15, -0.1) is 12.8 Å². The molecule has 0 saturated heterocycles. The highest BCUT2D eigenvalue weighted by atomic mass is 19.1. The molecule has 1 aliphatic carbocycles. The molecule has 0 aromatic heterocycles. The first-order valence-electron chi connectivity index (χ1n) is 14.7. The Morgan fingerprint density at radius 2 is 1.50 bits per heavy atom. The standard InChI is InChI=1S/C17H24FNO2.C15H20.C2H6.C2H2/c1-17(2,3)16(21)11-10-15(20)5-4-12-19-14-8-6-13(18)7-9-14;1-12-8-6-7-11-15(12)13(2)14-9-4-3-5-10-14;2*1-2/h6-9,19H,4-5,10-12H2,1-3H3;6-8,11,14H,2-5,9-10H2,1H3;1-2H3;1-2H. The molecule has 0 amide bonds. The van der Waals surface area contributed by atoms with Gasteiger partial charge in [0.2, 0.25) is 0 Å². The fourth-order valence-electron chi connectivity index (χ4n) is 4.44. The largest absolute Gasteiger partial charge is 0.385 e. The van der Waals surface area contributed by atoms with Gasteiger partial charge in [-0.2, -0.15) is 0 Å². The summed E-state index contributed by atoms with van der Waals surface area (Å²) in [5.41, 5.74) is 4.58. The number of carbonyl (C=O) groups excluding carboxylic acids is 2. The highest BCUT2D eigenvalue weighted by Crippen LogP contribution is 2.35. The number of terminal acetylenes is 1. The van der Waals surface area contributed by atoms with Crippen LogP contribution in [0.2, 0.25) is 0 Å². The van der Waals surface area contributed by atoms with Crippen molar-refractivity contribution in [3.8, 4) is 12.8 Å². The Morgan fingerprint density at radius 1 is 0.925 bits per heavy atom. The van der Waals surface area contributed by atoms with Crippen molar-refractivity contribution in [2.75, 3.05) is 11.9 Å². The van der Waals surface area contributed by atoms with E-state index in [2.05, 4.69) is 55.9 Å². The Balaban J connectivity index is 0.000000701. The molecule has 0 heterocycles. The Labute approximate surface area is 244 Å². The molecule has 4 heteroatoms. The van der Waals surface area contributed by atoms with Gasteiger partial charge in [0.25, 0.3) is 0 Å². The van der Waals surface area contributed by atoms with Crippen LogP contribution in [-0.2, 0) is 9.59 Å². The summed E-state index contributed by atoms with van der Waals surface area (Å²) in [5, 5.41) is 3.13. The zero-order valence-electron chi connectivity index (χ0n) is 25.8. The third-order valence-electron chi connectivity index (χ3n) is 6.86. The van der Waals surface area contributed by atoms with E-state index in [0.717, 1.165) is 11.6 Å². The van der Waals surface area contributed by atoms with E-state index in [1.807, 2.05) is 34.6 Å². The topological polar surface area (TPSA) is 46.2 Å². The maximum absolute atomic E-state index is 12.7. The van der Waals surface area contributed by atoms with E-state index in [0.29, 0.717) is 32.2 Å². The zero-order chi connectivity index (χ0) is 30.6. The fraction of sp³-hybridized carbons (Fsp3) is 0.500. The lowest BCUT2D eigenvalue weighted by Crippen LogP contribution is -2.20. The SMILES string of the molecule is C#C.C=C(c1ccccc1C)C1CCCCC1.CC.CC(C)(C)C(=O)CCC(=O)CCCNc1ccc(F)cc1. The summed E-state index contributed by atoms with van der Waals surface area (Å²) in [4.78, 5) is 23.4. The monoisotopic (exact) mass is 549 g/mol. The number of halogens is 1. The Morgan fingerprint density at radius 3 is 2.05 bits per heavy atom. The number of allylic oxidation sites excluding steroid dienone is 1. The van der Waals surface area contributed by atoms with E-state index in [1.165, 1.54) is 60.9 Å². The van der Waals surface area contributed by atoms with Crippen molar-refractivity contribution in [2.24, 2.45) is 11.3 Å². The van der Waals surface area contributed by atoms with Crippen molar-refractivity contribution in [3.63, 3.8) is 0 Å². The van der Waals surface area contributed by atoms with Crippen LogP contribution in [0, 0.1) is 36.9 Å². The van der Waals surface area contributed by atoms with Crippen LogP contribution in [0.1, 0.15) is 104 Å². The van der Waals surface area contributed by atoms with E-state index in [-0.39, 0.29) is 22.8 Å². The molecule has 3 rings (SSSR count). The summed E-state index contributed by atoms with van der Waals surface area (Å²) in [6.07, 6.45) is 16.7. The number of rotatable bonds is 10. The first-order valence-corrected chi connectivity index (χ1v) is 14.7. The Hall–Kier alpha value is -3.19. The summed E-state index contributed by atoms with van der Waals surface area (Å²) >= 11 is 0. The zero-order valence-corrected chi connectivity index (χ0v) is 25.8.